The van der Waals surface area contributed by atoms with Gasteiger partial charge >= 0.3 is 0 Å². The van der Waals surface area contributed by atoms with Crippen molar-refractivity contribution >= 4 is 27.4 Å². The van der Waals surface area contributed by atoms with Crippen molar-refractivity contribution in [2.45, 2.75) is 18.3 Å². The van der Waals surface area contributed by atoms with Crippen molar-refractivity contribution in [1.29, 1.82) is 0 Å². The minimum atomic E-state index is -0.501. The van der Waals surface area contributed by atoms with E-state index in [-0.39, 0.29) is 0 Å². The van der Waals surface area contributed by atoms with Gasteiger partial charge in [0.1, 0.15) is 0 Å². The SMILES string of the molecule is C1=C2C(=CCC1)C(c1cccc(-n3c4ccccc4c4ccc(-n5cccn5)cc43)c1)(c1ccccn1)c1ccccc12. The molecule has 0 saturated heterocycles. The van der Waals surface area contributed by atoms with Crippen LogP contribution in [0.25, 0.3) is 38.8 Å². The Labute approximate surface area is 249 Å². The number of aromatic nitrogens is 4. The highest BCUT2D eigenvalue weighted by molar-refractivity contribution is 6.09. The Morgan fingerprint density at radius 1 is 0.628 bits per heavy atom. The molecule has 0 amide bonds. The Kier molecular flexibility index (Phi) is 5.20. The Bertz CT molecular complexity index is 2230. The van der Waals surface area contributed by atoms with Gasteiger partial charge in [0, 0.05) is 35.1 Å². The summed E-state index contributed by atoms with van der Waals surface area (Å²) < 4.78 is 4.33. The van der Waals surface area contributed by atoms with Gasteiger partial charge in [-0.05, 0) is 89.2 Å². The first kappa shape index (κ1) is 24.2. The molecule has 9 rings (SSSR count). The van der Waals surface area contributed by atoms with Crippen molar-refractivity contribution in [2.75, 3.05) is 0 Å². The molecule has 2 aliphatic rings. The summed E-state index contributed by atoms with van der Waals surface area (Å²) in [5.41, 5.74) is 11.6. The lowest BCUT2D eigenvalue weighted by Crippen LogP contribution is -2.30. The fraction of sp³-hybridized carbons (Fsp3) is 0.0769. The third kappa shape index (κ3) is 3.38. The van der Waals surface area contributed by atoms with Gasteiger partial charge in [0.25, 0.3) is 0 Å². The van der Waals surface area contributed by atoms with Crippen LogP contribution in [-0.4, -0.2) is 19.3 Å². The van der Waals surface area contributed by atoms with Gasteiger partial charge in [0.2, 0.25) is 0 Å². The molecule has 0 radical (unpaired) electrons. The summed E-state index contributed by atoms with van der Waals surface area (Å²) >= 11 is 0. The van der Waals surface area contributed by atoms with Gasteiger partial charge in [-0.1, -0.05) is 78.9 Å². The van der Waals surface area contributed by atoms with Crippen molar-refractivity contribution in [3.63, 3.8) is 0 Å². The molecule has 0 saturated carbocycles. The molecule has 1 unspecified atom stereocenters. The van der Waals surface area contributed by atoms with Gasteiger partial charge < -0.3 is 4.57 Å². The molecule has 3 aromatic heterocycles. The fourth-order valence-corrected chi connectivity index (χ4v) is 7.47. The average Bonchev–Trinajstić information content (AvgIpc) is 3.80. The third-order valence-electron chi connectivity index (χ3n) is 9.19. The molecule has 204 valence electrons. The third-order valence-corrected chi connectivity index (χ3v) is 9.19. The number of nitrogens with zero attached hydrogens (tertiary/aromatic N) is 4. The lowest BCUT2D eigenvalue weighted by atomic mass is 9.68. The van der Waals surface area contributed by atoms with E-state index in [1.807, 2.05) is 35.4 Å². The molecule has 2 aliphatic carbocycles. The monoisotopic (exact) mass is 552 g/mol. The highest BCUT2D eigenvalue weighted by Crippen LogP contribution is 2.58. The molecule has 43 heavy (non-hydrogen) atoms. The molecule has 4 aromatic carbocycles. The molecule has 0 aliphatic heterocycles. The number of hydrogen-bond donors (Lipinski definition) is 0. The summed E-state index contributed by atoms with van der Waals surface area (Å²) in [4.78, 5) is 5.05. The van der Waals surface area contributed by atoms with E-state index in [2.05, 4.69) is 125 Å². The standard InChI is InChI=1S/C39H28N4/c1-4-16-34-30(13-1)31-14-2-5-17-35(31)39(34,38-19-7-8-22-40-38)27-11-9-12-29(25-27)43-36-18-6-3-15-32(36)33-21-20-28(26-37(33)43)42-24-10-23-41-42/h1,3-4,6-26H,2,5H2. The molecule has 4 heteroatoms. The molecule has 7 aromatic rings. The van der Waals surface area contributed by atoms with Crippen LogP contribution in [0.3, 0.4) is 0 Å². The van der Waals surface area contributed by atoms with E-state index < -0.39 is 5.41 Å². The summed E-state index contributed by atoms with van der Waals surface area (Å²) in [6.45, 7) is 0. The van der Waals surface area contributed by atoms with E-state index >= 15 is 0 Å². The highest BCUT2D eigenvalue weighted by Gasteiger charge is 2.49. The maximum absolute atomic E-state index is 5.05. The zero-order valence-electron chi connectivity index (χ0n) is 23.6. The summed E-state index contributed by atoms with van der Waals surface area (Å²) in [5.74, 6) is 0. The van der Waals surface area contributed by atoms with Crippen LogP contribution < -0.4 is 0 Å². The molecule has 0 fully saturated rings. The summed E-state index contributed by atoms with van der Waals surface area (Å²) in [5, 5.41) is 6.97. The van der Waals surface area contributed by atoms with Crippen LogP contribution in [0, 0.1) is 0 Å². The van der Waals surface area contributed by atoms with Gasteiger partial charge in [-0.15, -0.1) is 0 Å². The molecular weight excluding hydrogens is 524 g/mol. The number of rotatable bonds is 4. The smallest absolute Gasteiger partial charge is 0.0883 e. The maximum atomic E-state index is 5.05. The Morgan fingerprint density at radius 2 is 1.49 bits per heavy atom. The van der Waals surface area contributed by atoms with Crippen molar-refractivity contribution in [2.24, 2.45) is 0 Å². The summed E-state index contributed by atoms with van der Waals surface area (Å²) in [6.07, 6.45) is 12.7. The van der Waals surface area contributed by atoms with Gasteiger partial charge in [0.05, 0.1) is 27.8 Å². The van der Waals surface area contributed by atoms with Crippen molar-refractivity contribution in [1.82, 2.24) is 19.3 Å². The highest BCUT2D eigenvalue weighted by atomic mass is 15.3. The van der Waals surface area contributed by atoms with Crippen LogP contribution >= 0.6 is 0 Å². The number of hydrogen-bond acceptors (Lipinski definition) is 2. The molecule has 0 spiro atoms. The van der Waals surface area contributed by atoms with E-state index in [9.17, 15) is 0 Å². The van der Waals surface area contributed by atoms with Crippen LogP contribution in [0.1, 0.15) is 35.2 Å². The largest absolute Gasteiger partial charge is 0.309 e. The summed E-state index contributed by atoms with van der Waals surface area (Å²) in [6, 6.07) is 41.6. The quantitative estimate of drug-likeness (QED) is 0.219. The number of pyridine rings is 1. The van der Waals surface area contributed by atoms with Crippen molar-refractivity contribution in [3.05, 3.63) is 174 Å². The van der Waals surface area contributed by atoms with Crippen molar-refractivity contribution in [3.8, 4) is 11.4 Å². The first-order chi connectivity index (χ1) is 21.3. The molecule has 4 nitrogen and oxygen atoms in total. The topological polar surface area (TPSA) is 35.6 Å². The van der Waals surface area contributed by atoms with E-state index in [1.54, 1.807) is 0 Å². The average molecular weight is 553 g/mol. The zero-order chi connectivity index (χ0) is 28.4. The van der Waals surface area contributed by atoms with Crippen LogP contribution in [0.15, 0.2) is 152 Å². The second kappa shape index (κ2) is 9.27. The Morgan fingerprint density at radius 3 is 2.40 bits per heavy atom. The number of allylic oxidation sites excluding steroid dienone is 4. The first-order valence-electron chi connectivity index (χ1n) is 14.9. The minimum Gasteiger partial charge on any atom is -0.309 e. The fourth-order valence-electron chi connectivity index (χ4n) is 7.47. The number of para-hydroxylation sites is 1. The zero-order valence-corrected chi connectivity index (χ0v) is 23.6. The van der Waals surface area contributed by atoms with E-state index in [0.717, 1.165) is 35.4 Å². The molecule has 0 N–H and O–H groups in total. The second-order valence-corrected chi connectivity index (χ2v) is 11.4. The number of fused-ring (bicyclic) bond motifs is 6. The maximum Gasteiger partial charge on any atom is 0.0883 e. The first-order valence-corrected chi connectivity index (χ1v) is 14.9. The van der Waals surface area contributed by atoms with Crippen LogP contribution in [0.4, 0.5) is 0 Å². The van der Waals surface area contributed by atoms with Crippen molar-refractivity contribution < 1.29 is 0 Å². The van der Waals surface area contributed by atoms with Crippen LogP contribution in [-0.2, 0) is 5.41 Å². The van der Waals surface area contributed by atoms with Crippen LogP contribution in [0.5, 0.6) is 0 Å². The predicted molar refractivity (Wildman–Crippen MR) is 174 cm³/mol. The number of benzene rings is 4. The molecule has 3 heterocycles. The van der Waals surface area contributed by atoms with Gasteiger partial charge in [0.15, 0.2) is 0 Å². The van der Waals surface area contributed by atoms with E-state index in [0.29, 0.717) is 0 Å². The van der Waals surface area contributed by atoms with Gasteiger partial charge in [-0.2, -0.15) is 5.10 Å². The Hall–Kier alpha value is -5.48. The molecular formula is C39H28N4. The van der Waals surface area contributed by atoms with Gasteiger partial charge in [-0.3, -0.25) is 4.98 Å². The minimum absolute atomic E-state index is 0.501. The van der Waals surface area contributed by atoms with E-state index in [1.165, 1.54) is 44.1 Å². The predicted octanol–water partition coefficient (Wildman–Crippen LogP) is 8.82. The summed E-state index contributed by atoms with van der Waals surface area (Å²) in [7, 11) is 0. The lowest BCUT2D eigenvalue weighted by Gasteiger charge is -2.34. The lowest BCUT2D eigenvalue weighted by molar-refractivity contribution is 0.726. The van der Waals surface area contributed by atoms with E-state index in [4.69, 9.17) is 4.98 Å². The van der Waals surface area contributed by atoms with Gasteiger partial charge in [-0.25, -0.2) is 4.68 Å². The second-order valence-electron chi connectivity index (χ2n) is 11.4. The molecule has 1 atom stereocenters. The Balaban J connectivity index is 1.35. The normalized spacial score (nSPS) is 17.5. The molecule has 0 bridgehead atoms. The van der Waals surface area contributed by atoms with Crippen LogP contribution in [0.2, 0.25) is 0 Å².